The summed E-state index contributed by atoms with van der Waals surface area (Å²) in [7, 11) is 0.620. The van der Waals surface area contributed by atoms with Gasteiger partial charge in [-0.05, 0) is 11.1 Å². The molecular formula is C35H46O16S. The monoisotopic (exact) mass is 754 g/mol. The van der Waals surface area contributed by atoms with Crippen LogP contribution in [0.25, 0.3) is 0 Å². The molecule has 0 saturated carbocycles. The molecule has 4 rings (SSSR count). The molecule has 288 valence electrons. The molecule has 0 spiro atoms. The van der Waals surface area contributed by atoms with Crippen LogP contribution in [-0.2, 0) is 89.3 Å². The molecule has 2 aromatic carbocycles. The van der Waals surface area contributed by atoms with Crippen molar-refractivity contribution in [2.24, 2.45) is 5.92 Å². The summed E-state index contributed by atoms with van der Waals surface area (Å²) in [4.78, 5) is 37.6. The van der Waals surface area contributed by atoms with Crippen LogP contribution < -0.4 is 0 Å². The Bertz CT molecular complexity index is 1540. The van der Waals surface area contributed by atoms with Crippen molar-refractivity contribution in [2.45, 2.75) is 82.4 Å². The van der Waals surface area contributed by atoms with Crippen molar-refractivity contribution in [1.29, 1.82) is 0 Å². The molecule has 16 nitrogen and oxygen atoms in total. The van der Waals surface area contributed by atoms with Gasteiger partial charge in [0.2, 0.25) is 0 Å². The summed E-state index contributed by atoms with van der Waals surface area (Å²) < 4.78 is 89.5. The molecule has 0 radical (unpaired) electrons. The van der Waals surface area contributed by atoms with E-state index in [1.165, 1.54) is 14.2 Å². The van der Waals surface area contributed by atoms with E-state index in [0.29, 0.717) is 0 Å². The predicted octanol–water partition coefficient (Wildman–Crippen LogP) is 1.91. The third-order valence-corrected chi connectivity index (χ3v) is 9.73. The number of esters is 3. The summed E-state index contributed by atoms with van der Waals surface area (Å²) in [6.07, 6.45) is -11.9. The van der Waals surface area contributed by atoms with Gasteiger partial charge in [-0.15, -0.1) is 0 Å². The third-order valence-electron chi connectivity index (χ3n) is 8.43. The van der Waals surface area contributed by atoms with Crippen LogP contribution in [0.15, 0.2) is 60.7 Å². The SMILES string of the molecule is COC(=O)[C@@H]1O[C@@H](O[C@H]2[C@H](OCc3ccccc3)[C@@H](CS(=O)(=O)OC)[C@@H](OC)O[C@@H]2COCc2ccccc2)[C@H](OC(C)=O)[C@@H](OC)[C@@H]1OC(C)=O. The zero-order valence-corrected chi connectivity index (χ0v) is 30.6. The lowest BCUT2D eigenvalue weighted by molar-refractivity contribution is -0.354. The highest BCUT2D eigenvalue weighted by Gasteiger charge is 2.57. The molecule has 2 saturated heterocycles. The van der Waals surface area contributed by atoms with Gasteiger partial charge in [0.1, 0.15) is 18.3 Å². The van der Waals surface area contributed by atoms with Gasteiger partial charge in [0, 0.05) is 28.1 Å². The van der Waals surface area contributed by atoms with Crippen molar-refractivity contribution in [2.75, 3.05) is 40.8 Å². The fourth-order valence-electron chi connectivity index (χ4n) is 6.11. The highest BCUT2D eigenvalue weighted by molar-refractivity contribution is 7.86. The van der Waals surface area contributed by atoms with Gasteiger partial charge in [0.15, 0.2) is 30.9 Å². The van der Waals surface area contributed by atoms with Crippen molar-refractivity contribution in [3.8, 4) is 0 Å². The number of methoxy groups -OCH3 is 3. The van der Waals surface area contributed by atoms with E-state index in [1.54, 1.807) is 0 Å². The highest BCUT2D eigenvalue weighted by Crippen LogP contribution is 2.37. The Labute approximate surface area is 302 Å². The van der Waals surface area contributed by atoms with E-state index in [9.17, 15) is 22.8 Å². The third kappa shape index (κ3) is 11.0. The summed E-state index contributed by atoms with van der Waals surface area (Å²) in [5.41, 5.74) is 1.62. The fraction of sp³-hybridized carbons (Fsp3) is 0.571. The van der Waals surface area contributed by atoms with Crippen LogP contribution in [0.3, 0.4) is 0 Å². The molecule has 2 heterocycles. The second-order valence-electron chi connectivity index (χ2n) is 12.0. The van der Waals surface area contributed by atoms with E-state index in [0.717, 1.165) is 39.2 Å². The largest absolute Gasteiger partial charge is 0.467 e. The predicted molar refractivity (Wildman–Crippen MR) is 179 cm³/mol. The Morgan fingerprint density at radius 3 is 1.83 bits per heavy atom. The first kappa shape index (κ1) is 41.2. The second kappa shape index (κ2) is 19.5. The summed E-state index contributed by atoms with van der Waals surface area (Å²) in [6, 6.07) is 18.5. The number of ether oxygens (including phenoxy) is 10. The molecule has 0 aliphatic carbocycles. The normalized spacial score (nSPS) is 29.2. The van der Waals surface area contributed by atoms with Gasteiger partial charge in [-0.2, -0.15) is 8.42 Å². The average Bonchev–Trinajstić information content (AvgIpc) is 3.13. The Morgan fingerprint density at radius 2 is 1.29 bits per heavy atom. The van der Waals surface area contributed by atoms with E-state index in [4.69, 9.17) is 51.6 Å². The second-order valence-corrected chi connectivity index (χ2v) is 13.8. The van der Waals surface area contributed by atoms with E-state index in [2.05, 4.69) is 0 Å². The van der Waals surface area contributed by atoms with Gasteiger partial charge in [0.25, 0.3) is 10.1 Å². The smallest absolute Gasteiger partial charge is 0.339 e. The summed E-state index contributed by atoms with van der Waals surface area (Å²) in [5.74, 6) is -4.16. The molecule has 10 atom stereocenters. The lowest BCUT2D eigenvalue weighted by atomic mass is 9.91. The Balaban J connectivity index is 1.79. The van der Waals surface area contributed by atoms with Crippen LogP contribution in [0.1, 0.15) is 25.0 Å². The van der Waals surface area contributed by atoms with Crippen molar-refractivity contribution >= 4 is 28.0 Å². The van der Waals surface area contributed by atoms with Crippen molar-refractivity contribution in [3.05, 3.63) is 71.8 Å². The molecule has 0 amide bonds. The average molecular weight is 755 g/mol. The molecule has 0 aromatic heterocycles. The maximum atomic E-state index is 13.1. The van der Waals surface area contributed by atoms with E-state index in [1.807, 2.05) is 60.7 Å². The van der Waals surface area contributed by atoms with Gasteiger partial charge >= 0.3 is 17.9 Å². The van der Waals surface area contributed by atoms with Crippen LogP contribution in [0, 0.1) is 5.92 Å². The first-order valence-corrected chi connectivity index (χ1v) is 18.0. The van der Waals surface area contributed by atoms with Gasteiger partial charge < -0.3 is 47.4 Å². The first-order chi connectivity index (χ1) is 24.9. The highest BCUT2D eigenvalue weighted by atomic mass is 32.2. The van der Waals surface area contributed by atoms with Crippen LogP contribution in [0.2, 0.25) is 0 Å². The molecule has 0 unspecified atom stereocenters. The molecule has 17 heteroatoms. The minimum Gasteiger partial charge on any atom is -0.467 e. The number of carbonyl (C=O) groups excluding carboxylic acids is 3. The molecule has 2 aliphatic heterocycles. The maximum Gasteiger partial charge on any atom is 0.339 e. The summed E-state index contributed by atoms with van der Waals surface area (Å²) >= 11 is 0. The maximum absolute atomic E-state index is 13.1. The minimum atomic E-state index is -4.14. The van der Waals surface area contributed by atoms with Crippen molar-refractivity contribution in [3.63, 3.8) is 0 Å². The van der Waals surface area contributed by atoms with Gasteiger partial charge in [-0.25, -0.2) is 4.79 Å². The quantitative estimate of drug-likeness (QED) is 0.129. The summed E-state index contributed by atoms with van der Waals surface area (Å²) in [5, 5.41) is 0. The van der Waals surface area contributed by atoms with Crippen LogP contribution in [-0.4, -0.2) is 122 Å². The van der Waals surface area contributed by atoms with E-state index >= 15 is 0 Å². The zero-order chi connectivity index (χ0) is 37.8. The van der Waals surface area contributed by atoms with Gasteiger partial charge in [-0.1, -0.05) is 60.7 Å². The summed E-state index contributed by atoms with van der Waals surface area (Å²) in [6.45, 7) is 2.32. The Kier molecular flexibility index (Phi) is 15.5. The number of hydrogen-bond donors (Lipinski definition) is 0. The zero-order valence-electron chi connectivity index (χ0n) is 29.8. The number of hydrogen-bond acceptors (Lipinski definition) is 16. The molecule has 52 heavy (non-hydrogen) atoms. The molecule has 2 fully saturated rings. The van der Waals surface area contributed by atoms with E-state index < -0.39 is 95.0 Å². The molecule has 2 aromatic rings. The van der Waals surface area contributed by atoms with Crippen LogP contribution in [0.5, 0.6) is 0 Å². The first-order valence-electron chi connectivity index (χ1n) is 16.4. The standard InChI is InChI=1S/C35H46O16S/c1-21(36)47-30-29(41-3)32(48-22(2)37)35(51-31(30)33(38)42-4)50-28-26(19-45-17-23-13-9-7-10-14-23)49-34(43-5)25(20-52(39,40)44-6)27(28)46-18-24-15-11-8-12-16-24/h7-16,25-32,34-35H,17-20H2,1-6H3/t25-,26-,27-,28-,29+,30+,31-,32-,34+,35-/m1/s1. The van der Waals surface area contributed by atoms with Crippen LogP contribution >= 0.6 is 0 Å². The van der Waals surface area contributed by atoms with Gasteiger partial charge in [-0.3, -0.25) is 13.8 Å². The van der Waals surface area contributed by atoms with Crippen molar-refractivity contribution in [1.82, 2.24) is 0 Å². The van der Waals surface area contributed by atoms with Crippen LogP contribution in [0.4, 0.5) is 0 Å². The van der Waals surface area contributed by atoms with E-state index in [-0.39, 0.29) is 19.8 Å². The molecule has 0 bridgehead atoms. The Morgan fingerprint density at radius 1 is 0.692 bits per heavy atom. The topological polar surface area (TPSA) is 187 Å². The fourth-order valence-corrected chi connectivity index (χ4v) is 7.06. The van der Waals surface area contributed by atoms with Gasteiger partial charge in [0.05, 0.1) is 51.8 Å². The number of rotatable bonds is 17. The molecular weight excluding hydrogens is 708 g/mol. The number of carbonyl (C=O) groups is 3. The Hall–Kier alpha value is -3.52. The molecule has 2 aliphatic rings. The lowest BCUT2D eigenvalue weighted by Gasteiger charge is -2.49. The lowest BCUT2D eigenvalue weighted by Crippen LogP contribution is -2.66. The number of benzene rings is 2. The van der Waals surface area contributed by atoms with Crippen molar-refractivity contribution < 1.29 is 74.4 Å². The minimum absolute atomic E-state index is 0.00181. The molecule has 0 N–H and O–H groups in total.